The fourth-order valence-corrected chi connectivity index (χ4v) is 11.2. The predicted octanol–water partition coefficient (Wildman–Crippen LogP) is -3.05. The van der Waals surface area contributed by atoms with Crippen LogP contribution in [0.25, 0.3) is 0 Å². The molecule has 0 aliphatic heterocycles. The number of methoxy groups -OCH3 is 3. The predicted molar refractivity (Wildman–Crippen MR) is 442 cm³/mol. The summed E-state index contributed by atoms with van der Waals surface area (Å²) in [5.41, 5.74) is 2.80. The Bertz CT molecular complexity index is 2910. The molecule has 0 saturated heterocycles. The van der Waals surface area contributed by atoms with E-state index in [0.29, 0.717) is 80.3 Å². The van der Waals surface area contributed by atoms with Crippen LogP contribution in [0.2, 0.25) is 0 Å². The third-order valence-corrected chi connectivity index (χ3v) is 21.0. The van der Waals surface area contributed by atoms with Crippen LogP contribution in [0, 0.1) is 0 Å². The van der Waals surface area contributed by atoms with E-state index in [0.717, 1.165) is 35.6 Å². The van der Waals surface area contributed by atoms with Crippen molar-refractivity contribution in [1.82, 2.24) is 0 Å². The van der Waals surface area contributed by atoms with Gasteiger partial charge >= 0.3 is 332 Å². The summed E-state index contributed by atoms with van der Waals surface area (Å²) in [4.78, 5) is 113. The average molecular weight is 1770 g/mol. The Kier molecular flexibility index (Phi) is 148. The number of hydrogen-bond acceptors (Lipinski definition) is 26. The zero-order chi connectivity index (χ0) is 86.9. The van der Waals surface area contributed by atoms with Gasteiger partial charge in [0.05, 0.1) is 45.6 Å². The molecule has 0 aliphatic rings. The van der Waals surface area contributed by atoms with E-state index in [1.54, 1.807) is 153 Å². The molecule has 0 fully saturated rings. The van der Waals surface area contributed by atoms with Gasteiger partial charge in [-0.2, -0.15) is 0 Å². The van der Waals surface area contributed by atoms with Gasteiger partial charge < -0.3 is 90.8 Å². The molecule has 0 amide bonds. The van der Waals surface area contributed by atoms with Gasteiger partial charge in [0.25, 0.3) is 6.47 Å². The number of aldehydes is 2. The van der Waals surface area contributed by atoms with Crippen molar-refractivity contribution in [3.63, 3.8) is 0 Å². The fourth-order valence-electron chi connectivity index (χ4n) is 5.31. The Morgan fingerprint density at radius 1 is 0.500 bits per heavy atom. The average Bonchev–Trinajstić information content (AvgIpc) is 0.712. The number of benzene rings is 3. The van der Waals surface area contributed by atoms with Gasteiger partial charge in [-0.3, -0.25) is 9.59 Å². The fraction of sp³-hybridized carbons (Fsp3) is 0.438. The van der Waals surface area contributed by atoms with Crippen LogP contribution in [0.5, 0.6) is 0 Å². The number of ether oxygens (including phenoxy) is 8. The molecule has 0 bridgehead atoms. The Morgan fingerprint density at radius 3 is 1.00 bits per heavy atom. The second-order valence-corrected chi connectivity index (χ2v) is 28.5. The van der Waals surface area contributed by atoms with Crippen molar-refractivity contribution in [2.75, 3.05) is 94.2 Å². The van der Waals surface area contributed by atoms with Gasteiger partial charge in [0.15, 0.2) is 17.4 Å². The molecule has 3 aromatic carbocycles. The summed E-state index contributed by atoms with van der Waals surface area (Å²) >= 11 is 4.10. The van der Waals surface area contributed by atoms with E-state index in [1.807, 2.05) is 88.4 Å². The Labute approximate surface area is 820 Å². The third kappa shape index (κ3) is 93.8. The minimum Gasteiger partial charge on any atom is -1.00 e. The number of carboxylic acids is 2. The molecular weight excluding hydrogens is 1640 g/mol. The second-order valence-electron chi connectivity index (χ2n) is 19.6. The normalized spacial score (nSPS) is 10.2. The molecule has 0 unspecified atom stereocenters. The van der Waals surface area contributed by atoms with Crippen LogP contribution in [0.1, 0.15) is 147 Å². The van der Waals surface area contributed by atoms with Crippen LogP contribution in [0.3, 0.4) is 0 Å². The van der Waals surface area contributed by atoms with Gasteiger partial charge in [-0.1, -0.05) is 74.6 Å². The van der Waals surface area contributed by atoms with Gasteiger partial charge in [0.1, 0.15) is 32.4 Å². The zero-order valence-corrected chi connectivity index (χ0v) is 82.9. The maximum atomic E-state index is 11.1. The second kappa shape index (κ2) is 113. The first kappa shape index (κ1) is 148. The molecule has 27 nitrogen and oxygen atoms in total. The number of allylic oxidation sites excluding steroid dienone is 8. The summed E-state index contributed by atoms with van der Waals surface area (Å²) in [6.45, 7) is 35.1. The minimum atomic E-state index is -3.03. The van der Waals surface area contributed by atoms with Crippen molar-refractivity contribution in [3.8, 4) is 0 Å². The summed E-state index contributed by atoms with van der Waals surface area (Å²) in [7, 11) is 5.57. The number of esters is 6. The van der Waals surface area contributed by atoms with Crippen molar-refractivity contribution in [2.45, 2.75) is 144 Å². The number of aliphatic hydroxyl groups is 4. The number of aliphatic hydroxyl groups excluding tert-OH is 4. The molecule has 632 valence electrons. The van der Waals surface area contributed by atoms with Gasteiger partial charge in [0, 0.05) is 69.1 Å². The van der Waals surface area contributed by atoms with E-state index in [4.69, 9.17) is 49.5 Å². The summed E-state index contributed by atoms with van der Waals surface area (Å²) < 4.78 is 36.9. The molecule has 3 aromatic rings. The van der Waals surface area contributed by atoms with Crippen LogP contribution < -0.4 is 177 Å². The van der Waals surface area contributed by atoms with Gasteiger partial charge in [0.2, 0.25) is 0 Å². The Morgan fingerprint density at radius 2 is 0.816 bits per heavy atom. The summed E-state index contributed by atoms with van der Waals surface area (Å²) in [6, 6.07) is 30.8. The number of carbonyl (C=O) groups is 11. The molecule has 0 aromatic heterocycles. The molecule has 34 heteroatoms. The largest absolute Gasteiger partial charge is 1.00 e. The van der Waals surface area contributed by atoms with Crippen LogP contribution >= 0.6 is 20.8 Å². The number of halogens is 1. The number of aliphatic carboxylic acids is 2. The monoisotopic (exact) mass is 1770 g/mol. The van der Waals surface area contributed by atoms with Gasteiger partial charge in [-0.05, 0) is 123 Å². The molecule has 0 radical (unpaired) electrons. The molecule has 0 heterocycles. The van der Waals surface area contributed by atoms with Crippen molar-refractivity contribution in [1.29, 1.82) is 0 Å². The van der Waals surface area contributed by atoms with Gasteiger partial charge in [-0.15, -0.1) is 0 Å². The number of carbonyl (C=O) groups excluding carboxylic acids is 10. The molecule has 5 N–H and O–H groups in total. The van der Waals surface area contributed by atoms with E-state index in [2.05, 4.69) is 80.5 Å². The smallest absolute Gasteiger partial charge is 1.00 e. The van der Waals surface area contributed by atoms with Crippen molar-refractivity contribution >= 4 is 121 Å². The van der Waals surface area contributed by atoms with Gasteiger partial charge in [-0.25, -0.2) is 28.8 Å². The van der Waals surface area contributed by atoms with E-state index in [-0.39, 0.29) is 233 Å². The molecule has 3 rings (SSSR count). The Balaban J connectivity index is -0.0000000578. The molecule has 0 aliphatic carbocycles. The van der Waals surface area contributed by atoms with Crippen molar-refractivity contribution in [2.24, 2.45) is 0 Å². The standard InChI is InChI=1S/C19H18BrOP.C10H14O3.C9H14O2.C8H14O3.C5H10O3.C5H10O2.2C5H8O2.C4H8O.C3H8O2.C3H6O.C2H4O.CH2O3.CH4O.Al.2K.Li.Na.5H/c20-22(16-21,17-10-4-1-5-11-17,18-12-6-2-7-13-18)19-14-8-3-9-15-19;1-5-7(3)9(11)13-10(12)8(4)6-2;1-4-6-7-11-9(10)8(3)5-2;1-4-7(2)8(9)11-6-5-10-3;1-3-8-5(6)4-7-2;1-3-5(6)7-4-2;2*1-3-4(2)5(6)7;1-2-3-4-5;1-5-3-2-4;1-2-3-4;1-2-3;2-1-4-3;1-2;;;;;;;;;;/h1-15,21H,16H2;5-6H,1-4H3;4-6H,7H2,1-3H3;4H,5-6H2,1-3H3;3-4H2,1-2H3;3-4H2,1-2H3;2*3H,1-2H3,(H,6,7);2-3,5H,4H2,1H3;4H,2-3H2,1H3;3H,2H2,1H3;2H,1H3;1,3H;2H,1H3;;;;;;;;;;/q;;;;;;;;;;;;;;;4*+1;;;;2*-1/p-2/b;7-5+,8-6+;6-4+,8-5+;7-4+;;;2*4-3+;3-2+;;;;;;;;;;;;;;;. The minimum absolute atomic E-state index is 0. The topological polar surface area (TPSA) is 418 Å². The van der Waals surface area contributed by atoms with Crippen LogP contribution in [-0.4, -0.2) is 204 Å². The molecular formula is C80H131AlBrK2LiNaO27P. The number of carboxylic acid groups (broad SMARTS) is 2. The third-order valence-electron chi connectivity index (χ3n) is 12.0. The van der Waals surface area contributed by atoms with Crippen LogP contribution in [0.4, 0.5) is 0 Å². The quantitative estimate of drug-likeness (QED) is 0.00481. The first-order valence-corrected chi connectivity index (χ1v) is 38.2. The van der Waals surface area contributed by atoms with Crippen molar-refractivity contribution < 1.29 is 285 Å². The summed E-state index contributed by atoms with van der Waals surface area (Å²) in [5.74, 6) is -4.07. The van der Waals surface area contributed by atoms with Crippen molar-refractivity contribution in [3.05, 3.63) is 185 Å². The van der Waals surface area contributed by atoms with E-state index in [1.165, 1.54) is 27.0 Å². The first-order chi connectivity index (χ1) is 51.7. The first-order valence-electron chi connectivity index (χ1n) is 33.8. The molecule has 0 atom stereocenters. The number of hydrogen-bond donors (Lipinski definition) is 5. The molecule has 0 saturated carbocycles. The maximum absolute atomic E-state index is 11.1. The molecule has 114 heavy (non-hydrogen) atoms. The Hall–Kier alpha value is -3.66. The van der Waals surface area contributed by atoms with E-state index in [9.17, 15) is 53.4 Å². The zero-order valence-electron chi connectivity index (χ0n) is 74.2. The van der Waals surface area contributed by atoms with E-state index < -0.39 is 29.2 Å². The number of rotatable bonds is 25. The summed E-state index contributed by atoms with van der Waals surface area (Å²) in [5, 5.41) is 60.2. The maximum Gasteiger partial charge on any atom is 1.00 e. The SMILES string of the molecule is C/C=C(\C)C(=O)O.C/C=C(\C)C(=O)OC(=O)/C(C)=C/C.C/C=C(\C)C(=O)OCCOC.C/C=C(\C)C(=O)[O-].C/C=C/CO.C/C=C/COC(=O)/C(C)=C/C.CC=O.CCC=O.CCOC(=O)CC.CCOC(=O)COC.CO.COCCO.O=CO[O-].OCP(Br)(c1ccccc1)(c1ccccc1)c1ccccc1.[AlH3].[H-].[H-].[K+].[K+].[Li+].[Na+]. The van der Waals surface area contributed by atoms with E-state index >= 15 is 0 Å². The summed E-state index contributed by atoms with van der Waals surface area (Å²) in [6.07, 6.45) is 19.6. The van der Waals surface area contributed by atoms with Crippen LogP contribution in [0.15, 0.2) is 185 Å². The van der Waals surface area contributed by atoms with Crippen LogP contribution in [-0.2, 0) is 95.5 Å². The molecule has 0 spiro atoms.